The molecule has 4 rings (SSSR count). The maximum atomic E-state index is 14.5. The number of aromatic nitrogens is 1. The van der Waals surface area contributed by atoms with E-state index in [1.165, 1.54) is 58.2 Å². The minimum Gasteiger partial charge on any atom is -0.505 e. The van der Waals surface area contributed by atoms with Crippen LogP contribution in [-0.2, 0) is 38.3 Å². The molecule has 7 amide bonds. The summed E-state index contributed by atoms with van der Waals surface area (Å²) in [5, 5.41) is 29.1. The Kier molecular flexibility index (Phi) is 16.8. The highest BCUT2D eigenvalue weighted by atomic mass is 16.5. The summed E-state index contributed by atoms with van der Waals surface area (Å²) in [6.45, 7) is 11.1. The van der Waals surface area contributed by atoms with Gasteiger partial charge in [0.2, 0.25) is 35.4 Å². The molecule has 0 radical (unpaired) electrons. The van der Waals surface area contributed by atoms with E-state index in [1.54, 1.807) is 51.1 Å². The number of rotatable bonds is 7. The lowest BCUT2D eigenvalue weighted by Crippen LogP contribution is -2.60. The maximum absolute atomic E-state index is 14.5. The molecule has 0 saturated carbocycles. The predicted molar refractivity (Wildman–Crippen MR) is 228 cm³/mol. The molecule has 0 aliphatic carbocycles. The fourth-order valence-corrected chi connectivity index (χ4v) is 7.82. The van der Waals surface area contributed by atoms with Gasteiger partial charge < -0.3 is 50.5 Å². The van der Waals surface area contributed by atoms with E-state index in [0.29, 0.717) is 5.56 Å². The SMILES string of the molecule is CC(C)C[C@@H]1NC(=O)[C@@H](NC(=O)c2ncccc2O)[C@@H](C)OC(=O)[C@H](c2ccccc2)N(C)C(=O)[C@H](C)NC(=O)C([C@@H](C)C(C)C)N(C)C(=O)CN(C)C(=O)C2C[C@@H](O)CN2C1=O. The van der Waals surface area contributed by atoms with E-state index in [2.05, 4.69) is 20.9 Å². The molecule has 19 heteroatoms. The van der Waals surface area contributed by atoms with Crippen molar-refractivity contribution in [3.63, 3.8) is 0 Å². The van der Waals surface area contributed by atoms with Crippen LogP contribution < -0.4 is 16.0 Å². The molecule has 1 aromatic heterocycles. The lowest BCUT2D eigenvalue weighted by Gasteiger charge is -2.37. The summed E-state index contributed by atoms with van der Waals surface area (Å²) in [6.07, 6.45) is -1.52. The first-order chi connectivity index (χ1) is 29.5. The molecule has 19 nitrogen and oxygen atoms in total. The van der Waals surface area contributed by atoms with Crippen molar-refractivity contribution in [2.75, 3.05) is 34.2 Å². The number of aromatic hydroxyl groups is 1. The topological polar surface area (TPSA) is 248 Å². The first-order valence-corrected chi connectivity index (χ1v) is 21.1. The molecular formula is C44H62N8O11. The number of likely N-dealkylation sites (N-methyl/N-ethyl adjacent to an activating group) is 3. The van der Waals surface area contributed by atoms with Crippen LogP contribution in [0.15, 0.2) is 48.7 Å². The standard InChI is InChI=1S/C44H62N8O11/c1-23(2)19-30-42(60)52-21-29(53)20-31(52)43(61)49(8)22-33(55)50(9)36(25(5)24(3)4)40(58)46-26(6)41(59)51(10)37(28-15-12-11-13-16-28)44(62)63-27(7)34(38(56)47-30)48-39(57)35-32(54)17-14-18-45-35/h11-18,23-27,29-31,34,36-37,53-54H,19-22H2,1-10H3,(H,46,58)(H,47,56)(H,48,57)/t25-,26-,27+,29+,30-,31?,34-,36?,37-/m0/s1. The van der Waals surface area contributed by atoms with Gasteiger partial charge in [0.15, 0.2) is 11.7 Å². The van der Waals surface area contributed by atoms with E-state index in [-0.39, 0.29) is 31.2 Å². The number of aliphatic hydroxyl groups is 1. The molecule has 1 aromatic carbocycles. The second kappa shape index (κ2) is 21.3. The van der Waals surface area contributed by atoms with Gasteiger partial charge in [-0.3, -0.25) is 33.6 Å². The van der Waals surface area contributed by atoms with Gasteiger partial charge in [-0.25, -0.2) is 9.78 Å². The van der Waals surface area contributed by atoms with Gasteiger partial charge in [0, 0.05) is 40.3 Å². The Morgan fingerprint density at radius 2 is 1.52 bits per heavy atom. The van der Waals surface area contributed by atoms with Crippen molar-refractivity contribution >= 4 is 47.3 Å². The van der Waals surface area contributed by atoms with Crippen LogP contribution in [-0.4, -0.2) is 159 Å². The number of ether oxygens (including phenoxy) is 1. The number of cyclic esters (lactones) is 1. The molecular weight excluding hydrogens is 817 g/mol. The number of amides is 7. The zero-order valence-corrected chi connectivity index (χ0v) is 37.6. The average Bonchev–Trinajstić information content (AvgIpc) is 3.62. The summed E-state index contributed by atoms with van der Waals surface area (Å²) < 4.78 is 5.91. The summed E-state index contributed by atoms with van der Waals surface area (Å²) in [5.41, 5.74) is -0.145. The van der Waals surface area contributed by atoms with E-state index >= 15 is 0 Å². The Morgan fingerprint density at radius 3 is 2.13 bits per heavy atom. The zero-order valence-electron chi connectivity index (χ0n) is 37.6. The van der Waals surface area contributed by atoms with E-state index in [0.717, 1.165) is 14.7 Å². The number of aliphatic hydroxyl groups excluding tert-OH is 1. The van der Waals surface area contributed by atoms with Gasteiger partial charge in [-0.2, -0.15) is 0 Å². The second-order valence-electron chi connectivity index (χ2n) is 17.3. The highest BCUT2D eigenvalue weighted by Gasteiger charge is 2.45. The third-order valence-corrected chi connectivity index (χ3v) is 11.7. The Labute approximate surface area is 367 Å². The lowest BCUT2D eigenvalue weighted by molar-refractivity contribution is -0.161. The third kappa shape index (κ3) is 11.9. The summed E-state index contributed by atoms with van der Waals surface area (Å²) >= 11 is 0. The molecule has 2 aliphatic heterocycles. The van der Waals surface area contributed by atoms with Crippen molar-refractivity contribution in [2.24, 2.45) is 17.8 Å². The van der Waals surface area contributed by atoms with Gasteiger partial charge in [-0.1, -0.05) is 65.0 Å². The first-order valence-electron chi connectivity index (χ1n) is 21.1. The van der Waals surface area contributed by atoms with Crippen molar-refractivity contribution in [2.45, 2.75) is 110 Å². The van der Waals surface area contributed by atoms with Gasteiger partial charge in [0.05, 0.1) is 12.6 Å². The quantitative estimate of drug-likeness (QED) is 0.240. The molecule has 3 heterocycles. The monoisotopic (exact) mass is 878 g/mol. The van der Waals surface area contributed by atoms with Crippen LogP contribution in [0.4, 0.5) is 0 Å². The third-order valence-electron chi connectivity index (χ3n) is 11.7. The highest BCUT2D eigenvalue weighted by molar-refractivity contribution is 6.00. The molecule has 9 atom stereocenters. The van der Waals surface area contributed by atoms with Crippen LogP contribution in [0.1, 0.15) is 83.4 Å². The highest BCUT2D eigenvalue weighted by Crippen LogP contribution is 2.26. The molecule has 2 aliphatic rings. The molecule has 0 spiro atoms. The largest absolute Gasteiger partial charge is 0.505 e. The Bertz CT molecular complexity index is 2020. The Hall–Kier alpha value is -6.11. The minimum atomic E-state index is -1.74. The molecule has 5 N–H and O–H groups in total. The van der Waals surface area contributed by atoms with Crippen molar-refractivity contribution in [1.29, 1.82) is 0 Å². The number of esters is 1. The van der Waals surface area contributed by atoms with Crippen LogP contribution in [0.2, 0.25) is 0 Å². The normalized spacial score (nSPS) is 27.0. The Balaban J connectivity index is 1.86. The van der Waals surface area contributed by atoms with Crippen molar-refractivity contribution in [1.82, 2.24) is 40.5 Å². The Morgan fingerprint density at radius 1 is 0.873 bits per heavy atom. The van der Waals surface area contributed by atoms with E-state index in [9.17, 15) is 48.6 Å². The molecule has 63 heavy (non-hydrogen) atoms. The number of pyridine rings is 1. The number of carbonyl (C=O) groups is 8. The van der Waals surface area contributed by atoms with Gasteiger partial charge in [-0.05, 0) is 55.7 Å². The second-order valence-corrected chi connectivity index (χ2v) is 17.3. The minimum absolute atomic E-state index is 0.0335. The number of nitrogens with zero attached hydrogens (tertiary/aromatic N) is 5. The van der Waals surface area contributed by atoms with Crippen LogP contribution in [0.3, 0.4) is 0 Å². The number of carbonyl (C=O) groups excluding carboxylic acids is 8. The molecule has 2 fully saturated rings. The fraction of sp³-hybridized carbons (Fsp3) is 0.568. The van der Waals surface area contributed by atoms with Crippen molar-refractivity contribution < 1.29 is 53.3 Å². The molecule has 2 saturated heterocycles. The smallest absolute Gasteiger partial charge is 0.333 e. The number of fused-ring (bicyclic) bond motifs is 1. The molecule has 2 unspecified atom stereocenters. The van der Waals surface area contributed by atoms with Crippen LogP contribution >= 0.6 is 0 Å². The van der Waals surface area contributed by atoms with Crippen LogP contribution in [0.25, 0.3) is 0 Å². The van der Waals surface area contributed by atoms with Crippen molar-refractivity contribution in [3.05, 3.63) is 59.9 Å². The van der Waals surface area contributed by atoms with Gasteiger partial charge in [0.1, 0.15) is 42.1 Å². The van der Waals surface area contributed by atoms with Gasteiger partial charge in [0.25, 0.3) is 5.91 Å². The summed E-state index contributed by atoms with van der Waals surface area (Å²) in [7, 11) is 4.13. The fourth-order valence-electron chi connectivity index (χ4n) is 7.82. The number of hydrogen-bond acceptors (Lipinski definition) is 12. The summed E-state index contributed by atoms with van der Waals surface area (Å²) in [5.74, 6) is -7.75. The molecule has 2 aromatic rings. The average molecular weight is 879 g/mol. The maximum Gasteiger partial charge on any atom is 0.333 e. The number of hydrogen-bond donors (Lipinski definition) is 5. The first kappa shape index (κ1) is 49.5. The zero-order chi connectivity index (χ0) is 47.0. The van der Waals surface area contributed by atoms with Crippen LogP contribution in [0.5, 0.6) is 5.75 Å². The van der Waals surface area contributed by atoms with E-state index < -0.39 is 120 Å². The van der Waals surface area contributed by atoms with Gasteiger partial charge >= 0.3 is 5.97 Å². The predicted octanol–water partition coefficient (Wildman–Crippen LogP) is 0.606. The molecule has 344 valence electrons. The van der Waals surface area contributed by atoms with E-state index in [4.69, 9.17) is 4.74 Å². The van der Waals surface area contributed by atoms with E-state index in [1.807, 2.05) is 13.8 Å². The van der Waals surface area contributed by atoms with Crippen LogP contribution in [0, 0.1) is 17.8 Å². The number of benzene rings is 1. The summed E-state index contributed by atoms with van der Waals surface area (Å²) in [6, 6.07) is 2.60. The lowest BCUT2D eigenvalue weighted by atomic mass is 9.88. The van der Waals surface area contributed by atoms with Gasteiger partial charge in [-0.15, -0.1) is 0 Å². The number of nitrogens with one attached hydrogen (secondary N) is 3. The summed E-state index contributed by atoms with van der Waals surface area (Å²) in [4.78, 5) is 122. The van der Waals surface area contributed by atoms with Crippen molar-refractivity contribution in [3.8, 4) is 5.75 Å². The molecule has 0 bridgehead atoms.